The minimum absolute atomic E-state index is 0.0452. The predicted octanol–water partition coefficient (Wildman–Crippen LogP) is 3.76. The highest BCUT2D eigenvalue weighted by atomic mass is 19.4. The summed E-state index contributed by atoms with van der Waals surface area (Å²) in [6, 6.07) is 7.34. The van der Waals surface area contributed by atoms with Gasteiger partial charge in [0.15, 0.2) is 5.43 Å². The van der Waals surface area contributed by atoms with Crippen molar-refractivity contribution in [2.75, 3.05) is 0 Å². The Balaban J connectivity index is 2.00. The number of aliphatic hydroxyl groups is 1. The molecule has 0 bridgehead atoms. The van der Waals surface area contributed by atoms with E-state index >= 15 is 0 Å². The Kier molecular flexibility index (Phi) is 5.60. The van der Waals surface area contributed by atoms with E-state index in [2.05, 4.69) is 20.2 Å². The smallest absolute Gasteiger partial charge is 0.418 e. The van der Waals surface area contributed by atoms with Crippen molar-refractivity contribution in [3.05, 3.63) is 75.2 Å². The van der Waals surface area contributed by atoms with Crippen molar-refractivity contribution in [2.45, 2.75) is 26.3 Å². The van der Waals surface area contributed by atoms with Crippen LogP contribution < -0.4 is 15.9 Å². The zero-order chi connectivity index (χ0) is 23.9. The number of benzene rings is 1. The molecular weight excluding hydrogens is 439 g/mol. The average molecular weight is 457 g/mol. The molecule has 4 N–H and O–H groups in total. The van der Waals surface area contributed by atoms with Gasteiger partial charge in [-0.15, -0.1) is 5.10 Å². The Bertz CT molecular complexity index is 1420. The molecule has 170 valence electrons. The van der Waals surface area contributed by atoms with Crippen LogP contribution in [0.5, 0.6) is 11.8 Å². The third kappa shape index (κ3) is 4.15. The summed E-state index contributed by atoms with van der Waals surface area (Å²) >= 11 is 0. The van der Waals surface area contributed by atoms with Gasteiger partial charge in [-0.2, -0.15) is 18.3 Å². The van der Waals surface area contributed by atoms with Gasteiger partial charge >= 0.3 is 6.18 Å². The normalized spacial score (nSPS) is 12.7. The number of hydrogen-bond donors (Lipinski definition) is 3. The number of H-pyrrole nitrogens is 1. The summed E-state index contributed by atoms with van der Waals surface area (Å²) in [5, 5.41) is 17.5. The van der Waals surface area contributed by atoms with E-state index in [0.717, 1.165) is 6.07 Å². The van der Waals surface area contributed by atoms with Crippen LogP contribution in [0.25, 0.3) is 22.2 Å². The Labute approximate surface area is 184 Å². The number of aryl methyl sites for hydroxylation is 1. The Hall–Kier alpha value is -3.83. The predicted molar refractivity (Wildman–Crippen MR) is 114 cm³/mol. The highest BCUT2D eigenvalue weighted by molar-refractivity contribution is 5.86. The molecule has 33 heavy (non-hydrogen) atoms. The van der Waals surface area contributed by atoms with Gasteiger partial charge in [0.1, 0.15) is 6.23 Å². The Morgan fingerprint density at radius 3 is 2.61 bits per heavy atom. The zero-order valence-corrected chi connectivity index (χ0v) is 17.4. The van der Waals surface area contributed by atoms with Crippen LogP contribution in [0.2, 0.25) is 0 Å². The molecule has 1 unspecified atom stereocenters. The summed E-state index contributed by atoms with van der Waals surface area (Å²) in [6.45, 7) is 2.96. The van der Waals surface area contributed by atoms with Crippen LogP contribution in [-0.4, -0.2) is 25.3 Å². The maximum absolute atomic E-state index is 13.6. The highest BCUT2D eigenvalue weighted by Crippen LogP contribution is 2.40. The van der Waals surface area contributed by atoms with Crippen LogP contribution in [0, 0.1) is 13.8 Å². The summed E-state index contributed by atoms with van der Waals surface area (Å²) in [7, 11) is 0. The summed E-state index contributed by atoms with van der Waals surface area (Å²) < 4.78 is 46.6. The molecule has 0 aliphatic rings. The molecule has 0 saturated carbocycles. The summed E-state index contributed by atoms with van der Waals surface area (Å²) in [5.74, 6) is -0.129. The molecule has 0 spiro atoms. The van der Waals surface area contributed by atoms with Crippen LogP contribution in [0.1, 0.15) is 28.5 Å². The van der Waals surface area contributed by atoms with Gasteiger partial charge in [0, 0.05) is 23.4 Å². The quantitative estimate of drug-likeness (QED) is 0.398. The summed E-state index contributed by atoms with van der Waals surface area (Å²) in [5.41, 5.74) is 4.86. The number of halogens is 3. The molecule has 0 aliphatic carbocycles. The van der Waals surface area contributed by atoms with Crippen LogP contribution in [-0.2, 0) is 6.18 Å². The minimum atomic E-state index is -4.68. The van der Waals surface area contributed by atoms with Gasteiger partial charge in [0.25, 0.3) is 0 Å². The lowest BCUT2D eigenvalue weighted by Crippen LogP contribution is -2.15. The average Bonchev–Trinajstić information content (AvgIpc) is 2.74. The van der Waals surface area contributed by atoms with Gasteiger partial charge < -0.3 is 20.6 Å². The van der Waals surface area contributed by atoms with Crippen molar-refractivity contribution in [3.8, 4) is 23.0 Å². The van der Waals surface area contributed by atoms with E-state index in [1.54, 1.807) is 25.1 Å². The second-order valence-corrected chi connectivity index (χ2v) is 7.36. The number of nitrogens with two attached hydrogens (primary N) is 1. The standard InChI is InChI=1S/C22H18F3N5O3/c1-10-6-7-28-30-20(10)33-21-17(11(2)13(9-27-21)22(23,24)25)15-8-16(31)18-12(19(26)32)4-3-5-14(18)29-15/h3-9,19,32H,26H2,1-2H3,(H,29,31). The van der Waals surface area contributed by atoms with Crippen LogP contribution in [0.3, 0.4) is 0 Å². The topological polar surface area (TPSA) is 127 Å². The van der Waals surface area contributed by atoms with E-state index in [9.17, 15) is 23.1 Å². The van der Waals surface area contributed by atoms with Crippen molar-refractivity contribution in [3.63, 3.8) is 0 Å². The number of aromatic amines is 1. The van der Waals surface area contributed by atoms with E-state index in [0.29, 0.717) is 11.8 Å². The molecule has 0 fully saturated rings. The first kappa shape index (κ1) is 22.4. The maximum Gasteiger partial charge on any atom is 0.418 e. The summed E-state index contributed by atoms with van der Waals surface area (Å²) in [4.78, 5) is 19.8. The second-order valence-electron chi connectivity index (χ2n) is 7.36. The molecule has 3 heterocycles. The molecule has 0 aliphatic heterocycles. The zero-order valence-electron chi connectivity index (χ0n) is 17.4. The first-order valence-electron chi connectivity index (χ1n) is 9.71. The lowest BCUT2D eigenvalue weighted by molar-refractivity contribution is -0.138. The Morgan fingerprint density at radius 2 is 1.94 bits per heavy atom. The Morgan fingerprint density at radius 1 is 1.18 bits per heavy atom. The lowest BCUT2D eigenvalue weighted by atomic mass is 10.00. The van der Waals surface area contributed by atoms with Crippen molar-refractivity contribution in [2.24, 2.45) is 5.73 Å². The molecule has 3 aromatic heterocycles. The molecule has 4 rings (SSSR count). The highest BCUT2D eigenvalue weighted by Gasteiger charge is 2.35. The molecular formula is C22H18F3N5O3. The van der Waals surface area contributed by atoms with E-state index in [1.165, 1.54) is 19.2 Å². The fourth-order valence-electron chi connectivity index (χ4n) is 3.55. The molecule has 0 radical (unpaired) electrons. The minimum Gasteiger partial charge on any atom is -0.418 e. The first-order chi connectivity index (χ1) is 15.6. The molecule has 11 heteroatoms. The van der Waals surface area contributed by atoms with Crippen molar-refractivity contribution in [1.82, 2.24) is 20.2 Å². The van der Waals surface area contributed by atoms with Crippen molar-refractivity contribution in [1.29, 1.82) is 0 Å². The van der Waals surface area contributed by atoms with E-state index < -0.39 is 23.4 Å². The van der Waals surface area contributed by atoms with Crippen molar-refractivity contribution < 1.29 is 23.0 Å². The first-order valence-corrected chi connectivity index (χ1v) is 9.71. The molecule has 1 atom stereocenters. The number of aromatic nitrogens is 4. The van der Waals surface area contributed by atoms with Gasteiger partial charge in [-0.05, 0) is 31.5 Å². The fourth-order valence-corrected chi connectivity index (χ4v) is 3.55. The SMILES string of the molecule is Cc1ccnnc1Oc1ncc(C(F)(F)F)c(C)c1-c1cc(=O)c2c(C(N)O)cccc2[nH]1. The lowest BCUT2D eigenvalue weighted by Gasteiger charge is -2.18. The van der Waals surface area contributed by atoms with E-state index in [-0.39, 0.29) is 45.0 Å². The van der Waals surface area contributed by atoms with Gasteiger partial charge in [-0.1, -0.05) is 12.1 Å². The number of hydrogen-bond acceptors (Lipinski definition) is 7. The summed E-state index contributed by atoms with van der Waals surface area (Å²) in [6.07, 6.45) is -3.97. The molecule has 8 nitrogen and oxygen atoms in total. The number of pyridine rings is 2. The molecule has 4 aromatic rings. The third-order valence-corrected chi connectivity index (χ3v) is 5.16. The molecule has 0 saturated heterocycles. The fraction of sp³-hybridized carbons (Fsp3) is 0.182. The van der Waals surface area contributed by atoms with E-state index in [1.807, 2.05) is 0 Å². The molecule has 0 amide bonds. The van der Waals surface area contributed by atoms with Gasteiger partial charge in [-0.3, -0.25) is 4.79 Å². The monoisotopic (exact) mass is 457 g/mol. The number of nitrogens with zero attached hydrogens (tertiary/aromatic N) is 3. The van der Waals surface area contributed by atoms with E-state index in [4.69, 9.17) is 10.5 Å². The second kappa shape index (κ2) is 8.26. The van der Waals surface area contributed by atoms with Crippen LogP contribution in [0.15, 0.2) is 47.5 Å². The number of ether oxygens (including phenoxy) is 1. The number of nitrogens with one attached hydrogen (secondary N) is 1. The number of aliphatic hydroxyl groups excluding tert-OH is 1. The van der Waals surface area contributed by atoms with Crippen molar-refractivity contribution >= 4 is 10.9 Å². The van der Waals surface area contributed by atoms with Crippen LogP contribution in [0.4, 0.5) is 13.2 Å². The maximum atomic E-state index is 13.6. The van der Waals surface area contributed by atoms with Crippen LogP contribution >= 0.6 is 0 Å². The number of fused-ring (bicyclic) bond motifs is 1. The van der Waals surface area contributed by atoms with Gasteiger partial charge in [-0.25, -0.2) is 4.98 Å². The van der Waals surface area contributed by atoms with Gasteiger partial charge in [0.2, 0.25) is 11.8 Å². The largest absolute Gasteiger partial charge is 0.418 e. The third-order valence-electron chi connectivity index (χ3n) is 5.16. The number of alkyl halides is 3. The molecule has 1 aromatic carbocycles. The van der Waals surface area contributed by atoms with Gasteiger partial charge in [0.05, 0.1) is 33.9 Å². The number of rotatable bonds is 4.